The Balaban J connectivity index is 2.01. The molecule has 0 aromatic heterocycles. The summed E-state index contributed by atoms with van der Waals surface area (Å²) in [7, 11) is -3.43. The maximum Gasteiger partial charge on any atom is 0.277 e. The molecule has 1 aliphatic heterocycles. The van der Waals surface area contributed by atoms with Crippen LogP contribution in [0.3, 0.4) is 0 Å². The van der Waals surface area contributed by atoms with Crippen molar-refractivity contribution >= 4 is 10.2 Å². The third-order valence-corrected chi connectivity index (χ3v) is 5.45. The second-order valence-electron chi connectivity index (χ2n) is 6.56. The first kappa shape index (κ1) is 18.4. The van der Waals surface area contributed by atoms with Gasteiger partial charge in [0.05, 0.1) is 0 Å². The van der Waals surface area contributed by atoms with Crippen molar-refractivity contribution in [3.63, 3.8) is 0 Å². The van der Waals surface area contributed by atoms with Crippen molar-refractivity contribution in [1.82, 2.24) is 14.3 Å². The Morgan fingerprint density at radius 3 is 2.35 bits per heavy atom. The SMILES string of the molecule is CC(C)NS(=O)(=O)NCC(Cc1ccccc1)N1CCCCC1. The average Bonchev–Trinajstić information content (AvgIpc) is 2.52. The molecular formula is C17H29N3O2S. The largest absolute Gasteiger partial charge is 0.299 e. The molecule has 6 heteroatoms. The number of rotatable bonds is 8. The van der Waals surface area contributed by atoms with Gasteiger partial charge in [-0.25, -0.2) is 4.72 Å². The minimum atomic E-state index is -3.43. The van der Waals surface area contributed by atoms with E-state index in [1.807, 2.05) is 32.0 Å². The fourth-order valence-electron chi connectivity index (χ4n) is 3.06. The van der Waals surface area contributed by atoms with E-state index in [-0.39, 0.29) is 12.1 Å². The predicted molar refractivity (Wildman–Crippen MR) is 94.6 cm³/mol. The summed E-state index contributed by atoms with van der Waals surface area (Å²) in [5.74, 6) is 0. The molecule has 0 saturated carbocycles. The predicted octanol–water partition coefficient (Wildman–Crippen LogP) is 1.92. The Labute approximate surface area is 140 Å². The van der Waals surface area contributed by atoms with Gasteiger partial charge in [-0.1, -0.05) is 36.8 Å². The van der Waals surface area contributed by atoms with Crippen LogP contribution in [-0.4, -0.2) is 45.0 Å². The van der Waals surface area contributed by atoms with Crippen LogP contribution >= 0.6 is 0 Å². The summed E-state index contributed by atoms with van der Waals surface area (Å²) >= 11 is 0. The number of benzene rings is 1. The molecular weight excluding hydrogens is 310 g/mol. The van der Waals surface area contributed by atoms with Crippen LogP contribution in [0.2, 0.25) is 0 Å². The number of nitrogens with zero attached hydrogens (tertiary/aromatic N) is 1. The van der Waals surface area contributed by atoms with E-state index in [9.17, 15) is 8.42 Å². The Bertz CT molecular complexity index is 554. The molecule has 1 aliphatic rings. The molecule has 1 saturated heterocycles. The lowest BCUT2D eigenvalue weighted by Crippen LogP contribution is -2.50. The van der Waals surface area contributed by atoms with E-state index in [1.54, 1.807) is 0 Å². The molecule has 1 aromatic carbocycles. The van der Waals surface area contributed by atoms with Crippen molar-refractivity contribution in [2.24, 2.45) is 0 Å². The first-order chi connectivity index (χ1) is 11.0. The molecule has 1 unspecified atom stereocenters. The zero-order valence-electron chi connectivity index (χ0n) is 14.2. The molecule has 2 N–H and O–H groups in total. The highest BCUT2D eigenvalue weighted by molar-refractivity contribution is 7.87. The molecule has 1 atom stereocenters. The lowest BCUT2D eigenvalue weighted by Gasteiger charge is -2.35. The summed E-state index contributed by atoms with van der Waals surface area (Å²) in [5.41, 5.74) is 1.25. The Morgan fingerprint density at radius 2 is 1.74 bits per heavy atom. The summed E-state index contributed by atoms with van der Waals surface area (Å²) in [6.45, 7) is 6.20. The highest BCUT2D eigenvalue weighted by Gasteiger charge is 2.23. The molecule has 1 fully saturated rings. The fourth-order valence-corrected chi connectivity index (χ4v) is 4.17. The van der Waals surface area contributed by atoms with Crippen LogP contribution in [0.25, 0.3) is 0 Å². The average molecular weight is 340 g/mol. The van der Waals surface area contributed by atoms with Crippen LogP contribution < -0.4 is 9.44 Å². The van der Waals surface area contributed by atoms with Gasteiger partial charge in [-0.2, -0.15) is 13.1 Å². The van der Waals surface area contributed by atoms with Gasteiger partial charge in [0, 0.05) is 18.6 Å². The molecule has 0 aliphatic carbocycles. The van der Waals surface area contributed by atoms with Crippen molar-refractivity contribution in [3.05, 3.63) is 35.9 Å². The molecule has 130 valence electrons. The number of nitrogens with one attached hydrogen (secondary N) is 2. The minimum absolute atomic E-state index is 0.102. The van der Waals surface area contributed by atoms with E-state index < -0.39 is 10.2 Å². The zero-order valence-corrected chi connectivity index (χ0v) is 15.0. The number of hydrogen-bond donors (Lipinski definition) is 2. The second-order valence-corrected chi connectivity index (χ2v) is 8.10. The number of likely N-dealkylation sites (tertiary alicyclic amines) is 1. The van der Waals surface area contributed by atoms with Crippen LogP contribution in [0.5, 0.6) is 0 Å². The van der Waals surface area contributed by atoms with Crippen LogP contribution in [0.4, 0.5) is 0 Å². The Kier molecular flexibility index (Phi) is 7.02. The Hall–Kier alpha value is -0.950. The van der Waals surface area contributed by atoms with E-state index in [0.717, 1.165) is 19.5 Å². The van der Waals surface area contributed by atoms with Crippen molar-refractivity contribution < 1.29 is 8.42 Å². The van der Waals surface area contributed by atoms with Crippen LogP contribution in [-0.2, 0) is 16.6 Å². The van der Waals surface area contributed by atoms with Gasteiger partial charge in [0.15, 0.2) is 0 Å². The topological polar surface area (TPSA) is 61.4 Å². The minimum Gasteiger partial charge on any atom is -0.299 e. The zero-order chi connectivity index (χ0) is 16.7. The van der Waals surface area contributed by atoms with Gasteiger partial charge in [0.25, 0.3) is 10.2 Å². The number of piperidine rings is 1. The molecule has 1 aromatic rings. The summed E-state index contributed by atoms with van der Waals surface area (Å²) < 4.78 is 29.4. The number of hydrogen-bond acceptors (Lipinski definition) is 3. The van der Waals surface area contributed by atoms with Crippen molar-refractivity contribution in [2.75, 3.05) is 19.6 Å². The first-order valence-corrected chi connectivity index (χ1v) is 9.99. The molecule has 23 heavy (non-hydrogen) atoms. The molecule has 1 heterocycles. The van der Waals surface area contributed by atoms with E-state index in [1.165, 1.54) is 24.8 Å². The van der Waals surface area contributed by atoms with Crippen molar-refractivity contribution in [2.45, 2.75) is 51.6 Å². The lowest BCUT2D eigenvalue weighted by molar-refractivity contribution is 0.163. The third kappa shape index (κ3) is 6.59. The van der Waals surface area contributed by atoms with E-state index in [4.69, 9.17) is 0 Å². The maximum atomic E-state index is 12.0. The highest BCUT2D eigenvalue weighted by Crippen LogP contribution is 2.15. The van der Waals surface area contributed by atoms with E-state index >= 15 is 0 Å². The van der Waals surface area contributed by atoms with Gasteiger partial charge in [0.2, 0.25) is 0 Å². The highest BCUT2D eigenvalue weighted by atomic mass is 32.2. The molecule has 0 spiro atoms. The molecule has 0 amide bonds. The standard InChI is InChI=1S/C17H29N3O2S/c1-15(2)19-23(21,22)18-14-17(20-11-7-4-8-12-20)13-16-9-5-3-6-10-16/h3,5-6,9-10,15,17-19H,4,7-8,11-14H2,1-2H3. The summed E-state index contributed by atoms with van der Waals surface area (Å²) in [6, 6.07) is 10.4. The molecule has 2 rings (SSSR count). The summed E-state index contributed by atoms with van der Waals surface area (Å²) in [6.07, 6.45) is 4.53. The first-order valence-electron chi connectivity index (χ1n) is 8.51. The Morgan fingerprint density at radius 1 is 1.09 bits per heavy atom. The smallest absolute Gasteiger partial charge is 0.277 e. The van der Waals surface area contributed by atoms with Crippen molar-refractivity contribution in [3.8, 4) is 0 Å². The third-order valence-electron chi connectivity index (χ3n) is 4.12. The molecule has 5 nitrogen and oxygen atoms in total. The lowest BCUT2D eigenvalue weighted by atomic mass is 10.0. The van der Waals surface area contributed by atoms with Gasteiger partial charge in [0.1, 0.15) is 0 Å². The van der Waals surface area contributed by atoms with E-state index in [2.05, 4.69) is 26.5 Å². The van der Waals surface area contributed by atoms with Crippen LogP contribution in [0, 0.1) is 0 Å². The summed E-state index contributed by atoms with van der Waals surface area (Å²) in [5, 5.41) is 0. The summed E-state index contributed by atoms with van der Waals surface area (Å²) in [4.78, 5) is 2.42. The van der Waals surface area contributed by atoms with Gasteiger partial charge < -0.3 is 0 Å². The molecule has 0 bridgehead atoms. The maximum absolute atomic E-state index is 12.0. The monoisotopic (exact) mass is 339 g/mol. The van der Waals surface area contributed by atoms with Crippen molar-refractivity contribution in [1.29, 1.82) is 0 Å². The quantitative estimate of drug-likeness (QED) is 0.761. The normalized spacial score (nSPS) is 18.2. The van der Waals surface area contributed by atoms with Gasteiger partial charge in [-0.15, -0.1) is 0 Å². The van der Waals surface area contributed by atoms with Crippen LogP contribution in [0.1, 0.15) is 38.7 Å². The van der Waals surface area contributed by atoms with Gasteiger partial charge >= 0.3 is 0 Å². The fraction of sp³-hybridized carbons (Fsp3) is 0.647. The second kappa shape index (κ2) is 8.78. The van der Waals surface area contributed by atoms with Crippen LogP contribution in [0.15, 0.2) is 30.3 Å². The van der Waals surface area contributed by atoms with Gasteiger partial charge in [-0.3, -0.25) is 4.90 Å². The van der Waals surface area contributed by atoms with Gasteiger partial charge in [-0.05, 0) is 51.8 Å². The van der Waals surface area contributed by atoms with E-state index in [0.29, 0.717) is 6.54 Å². The molecule has 0 radical (unpaired) electrons.